The van der Waals surface area contributed by atoms with Gasteiger partial charge in [0.2, 0.25) is 5.95 Å². The van der Waals surface area contributed by atoms with Crippen molar-refractivity contribution < 1.29 is 13.5 Å². The summed E-state index contributed by atoms with van der Waals surface area (Å²) in [4.78, 5) is 21.3. The lowest BCUT2D eigenvalue weighted by Gasteiger charge is -2.27. The van der Waals surface area contributed by atoms with Gasteiger partial charge in [0.15, 0.2) is 15.0 Å². The zero-order valence-electron chi connectivity index (χ0n) is 19.0. The molecule has 3 aromatic heterocycles. The summed E-state index contributed by atoms with van der Waals surface area (Å²) in [7, 11) is -1.02. The van der Waals surface area contributed by atoms with Crippen LogP contribution in [0.15, 0.2) is 24.4 Å². The summed E-state index contributed by atoms with van der Waals surface area (Å²) in [5.41, 5.74) is 1.62. The maximum absolute atomic E-state index is 11.9. The second kappa shape index (κ2) is 9.68. The smallest absolute Gasteiger partial charge is 0.225 e. The number of fused-ring (bicyclic) bond motifs is 1. The molecule has 1 atom stereocenters. The Morgan fingerprint density at radius 3 is 2.74 bits per heavy atom. The lowest BCUT2D eigenvalue weighted by molar-refractivity contribution is 0.126. The number of anilines is 3. The maximum atomic E-state index is 11.9. The third-order valence-corrected chi connectivity index (χ3v) is 9.10. The van der Waals surface area contributed by atoms with Gasteiger partial charge in [-0.05, 0) is 51.3 Å². The lowest BCUT2D eigenvalue weighted by Crippen LogP contribution is -2.33. The van der Waals surface area contributed by atoms with Gasteiger partial charge in [0, 0.05) is 30.9 Å². The van der Waals surface area contributed by atoms with E-state index in [-0.39, 0.29) is 29.7 Å². The minimum absolute atomic E-state index is 0.0112. The van der Waals surface area contributed by atoms with E-state index in [4.69, 9.17) is 4.98 Å². The number of nitrogens with one attached hydrogen (secondary N) is 2. The SMILES string of the molecule is CN(Cc1cc(Nc2nc3cccnc3s2)nc(NC2CCC(O)CC2)n1)C1CCS(=O)(=O)C1. The van der Waals surface area contributed by atoms with Crippen LogP contribution in [0.4, 0.5) is 16.9 Å². The monoisotopic (exact) mass is 503 g/mol. The van der Waals surface area contributed by atoms with Gasteiger partial charge in [-0.2, -0.15) is 4.98 Å². The first kappa shape index (κ1) is 23.3. The predicted octanol–water partition coefficient (Wildman–Crippen LogP) is 2.56. The molecule has 182 valence electrons. The van der Waals surface area contributed by atoms with Crippen LogP contribution in [-0.4, -0.2) is 75.1 Å². The van der Waals surface area contributed by atoms with Crippen molar-refractivity contribution in [1.29, 1.82) is 0 Å². The minimum Gasteiger partial charge on any atom is -0.393 e. The van der Waals surface area contributed by atoms with Crippen molar-refractivity contribution in [2.24, 2.45) is 0 Å². The molecule has 1 saturated carbocycles. The Labute approximate surface area is 202 Å². The van der Waals surface area contributed by atoms with Crippen molar-refractivity contribution in [3.8, 4) is 0 Å². The Hall–Kier alpha value is -2.41. The highest BCUT2D eigenvalue weighted by molar-refractivity contribution is 7.91. The molecule has 3 N–H and O–H groups in total. The highest BCUT2D eigenvalue weighted by Gasteiger charge is 2.31. The first-order chi connectivity index (χ1) is 16.3. The highest BCUT2D eigenvalue weighted by atomic mass is 32.2. The molecule has 34 heavy (non-hydrogen) atoms. The van der Waals surface area contributed by atoms with Crippen molar-refractivity contribution in [3.63, 3.8) is 0 Å². The number of sulfone groups is 1. The molecule has 1 unspecified atom stereocenters. The Balaban J connectivity index is 1.37. The average molecular weight is 504 g/mol. The topological polar surface area (TPSA) is 133 Å². The molecule has 12 heteroatoms. The molecule has 1 aliphatic carbocycles. The molecule has 4 heterocycles. The van der Waals surface area contributed by atoms with E-state index in [1.165, 1.54) is 11.3 Å². The fourth-order valence-corrected chi connectivity index (χ4v) is 7.17. The van der Waals surface area contributed by atoms with Crippen LogP contribution in [0, 0.1) is 0 Å². The number of rotatable bonds is 7. The summed E-state index contributed by atoms with van der Waals surface area (Å²) in [5, 5.41) is 17.2. The van der Waals surface area contributed by atoms with E-state index in [1.807, 2.05) is 25.2 Å². The molecule has 0 radical (unpaired) electrons. The first-order valence-corrected chi connectivity index (χ1v) is 14.2. The lowest BCUT2D eigenvalue weighted by atomic mass is 9.93. The molecule has 1 aliphatic heterocycles. The van der Waals surface area contributed by atoms with Crippen LogP contribution < -0.4 is 10.6 Å². The van der Waals surface area contributed by atoms with Crippen LogP contribution >= 0.6 is 11.3 Å². The summed E-state index contributed by atoms with van der Waals surface area (Å²) in [5.74, 6) is 1.57. The van der Waals surface area contributed by atoms with Crippen molar-refractivity contribution in [2.45, 2.75) is 56.8 Å². The second-order valence-electron chi connectivity index (χ2n) is 9.16. The molecule has 10 nitrogen and oxygen atoms in total. The van der Waals surface area contributed by atoms with Crippen LogP contribution in [0.5, 0.6) is 0 Å². The van der Waals surface area contributed by atoms with Gasteiger partial charge in [0.25, 0.3) is 0 Å². The number of hydrogen-bond acceptors (Lipinski definition) is 11. The third-order valence-electron chi connectivity index (χ3n) is 6.45. The molecule has 1 saturated heterocycles. The van der Waals surface area contributed by atoms with Gasteiger partial charge < -0.3 is 15.7 Å². The van der Waals surface area contributed by atoms with Crippen LogP contribution in [-0.2, 0) is 16.4 Å². The van der Waals surface area contributed by atoms with Gasteiger partial charge in [-0.1, -0.05) is 11.3 Å². The molecule has 3 aromatic rings. The van der Waals surface area contributed by atoms with Crippen LogP contribution in [0.1, 0.15) is 37.8 Å². The van der Waals surface area contributed by atoms with Gasteiger partial charge >= 0.3 is 0 Å². The van der Waals surface area contributed by atoms with Crippen molar-refractivity contribution >= 4 is 48.4 Å². The summed E-state index contributed by atoms with van der Waals surface area (Å²) >= 11 is 1.45. The van der Waals surface area contributed by atoms with Gasteiger partial charge in [0.05, 0.1) is 23.3 Å². The van der Waals surface area contributed by atoms with Crippen molar-refractivity contribution in [2.75, 3.05) is 29.2 Å². The number of thiazole rings is 1. The standard InChI is InChI=1S/C22H29N7O3S2/c1-29(16-8-10-34(31,32)13-16)12-15-11-19(28-22-26-18-3-2-9-23-20(18)33-22)27-21(25-15)24-14-4-6-17(30)7-5-14/h2-3,9,11,14,16-17,30H,4-8,10,12-13H2,1H3,(H2,24,25,26,27,28). The quantitative estimate of drug-likeness (QED) is 0.442. The fraction of sp³-hybridized carbons (Fsp3) is 0.545. The molecule has 2 fully saturated rings. The molecule has 0 bridgehead atoms. The molecule has 0 spiro atoms. The normalized spacial score (nSPS) is 24.5. The van der Waals surface area contributed by atoms with E-state index in [2.05, 4.69) is 30.5 Å². The average Bonchev–Trinajstić information content (AvgIpc) is 3.37. The number of hydrogen-bond donors (Lipinski definition) is 3. The zero-order chi connectivity index (χ0) is 23.7. The molecule has 0 amide bonds. The molecule has 2 aliphatic rings. The van der Waals surface area contributed by atoms with E-state index in [0.717, 1.165) is 41.7 Å². The second-order valence-corrected chi connectivity index (χ2v) is 12.4. The van der Waals surface area contributed by atoms with E-state index < -0.39 is 9.84 Å². The minimum atomic E-state index is -2.96. The van der Waals surface area contributed by atoms with Crippen molar-refractivity contribution in [1.82, 2.24) is 24.8 Å². The summed E-state index contributed by atoms with van der Waals surface area (Å²) < 4.78 is 23.9. The molecular formula is C22H29N7O3S2. The van der Waals surface area contributed by atoms with Gasteiger partial charge in [0.1, 0.15) is 16.2 Å². The number of pyridine rings is 1. The van der Waals surface area contributed by atoms with Crippen LogP contribution in [0.3, 0.4) is 0 Å². The summed E-state index contributed by atoms with van der Waals surface area (Å²) in [6.45, 7) is 0.511. The Morgan fingerprint density at radius 2 is 2.00 bits per heavy atom. The predicted molar refractivity (Wildman–Crippen MR) is 133 cm³/mol. The summed E-state index contributed by atoms with van der Waals surface area (Å²) in [6, 6.07) is 5.86. The van der Waals surface area contributed by atoms with Gasteiger partial charge in [-0.25, -0.2) is 23.4 Å². The molecule has 5 rings (SSSR count). The van der Waals surface area contributed by atoms with E-state index in [0.29, 0.717) is 29.9 Å². The summed E-state index contributed by atoms with van der Waals surface area (Å²) in [6.07, 6.45) is 5.41. The maximum Gasteiger partial charge on any atom is 0.225 e. The van der Waals surface area contributed by atoms with E-state index in [9.17, 15) is 13.5 Å². The molecular weight excluding hydrogens is 474 g/mol. The Bertz CT molecular complexity index is 1230. The first-order valence-electron chi connectivity index (χ1n) is 11.5. The Morgan fingerprint density at radius 1 is 1.18 bits per heavy atom. The highest BCUT2D eigenvalue weighted by Crippen LogP contribution is 2.28. The van der Waals surface area contributed by atoms with E-state index >= 15 is 0 Å². The third kappa shape index (κ3) is 5.62. The van der Waals surface area contributed by atoms with Gasteiger partial charge in [-0.3, -0.25) is 4.90 Å². The van der Waals surface area contributed by atoms with Gasteiger partial charge in [-0.15, -0.1) is 0 Å². The number of aromatic nitrogens is 4. The number of nitrogens with zero attached hydrogens (tertiary/aromatic N) is 5. The fourth-order valence-electron chi connectivity index (χ4n) is 4.55. The van der Waals surface area contributed by atoms with Crippen LogP contribution in [0.25, 0.3) is 10.3 Å². The molecule has 0 aromatic carbocycles. The zero-order valence-corrected chi connectivity index (χ0v) is 20.6. The largest absolute Gasteiger partial charge is 0.393 e. The Kier molecular flexibility index (Phi) is 6.65. The number of aliphatic hydroxyl groups is 1. The number of aliphatic hydroxyl groups excluding tert-OH is 1. The van der Waals surface area contributed by atoms with Crippen molar-refractivity contribution in [3.05, 3.63) is 30.1 Å². The van der Waals surface area contributed by atoms with Crippen LogP contribution in [0.2, 0.25) is 0 Å². The van der Waals surface area contributed by atoms with E-state index in [1.54, 1.807) is 6.20 Å².